The monoisotopic (exact) mass is 253 g/mol. The molecule has 0 radical (unpaired) electrons. The third-order valence-corrected chi connectivity index (χ3v) is 2.71. The van der Waals surface area contributed by atoms with Crippen LogP contribution >= 0.6 is 0 Å². The Morgan fingerprint density at radius 2 is 2.00 bits per heavy atom. The van der Waals surface area contributed by atoms with E-state index in [4.69, 9.17) is 4.42 Å². The van der Waals surface area contributed by atoms with Crippen LogP contribution in [0.4, 0.5) is 5.82 Å². The van der Waals surface area contributed by atoms with Gasteiger partial charge in [0.2, 0.25) is 0 Å². The van der Waals surface area contributed by atoms with Gasteiger partial charge in [-0.2, -0.15) is 5.10 Å². The molecule has 19 heavy (non-hydrogen) atoms. The minimum absolute atomic E-state index is 0.279. The second-order valence-electron chi connectivity index (χ2n) is 3.95. The molecule has 5 heteroatoms. The largest absolute Gasteiger partial charge is 0.459 e. The van der Waals surface area contributed by atoms with Crippen molar-refractivity contribution in [1.29, 1.82) is 0 Å². The highest BCUT2D eigenvalue weighted by molar-refractivity contribution is 6.06. The van der Waals surface area contributed by atoms with Gasteiger partial charge in [-0.3, -0.25) is 9.89 Å². The third-order valence-electron chi connectivity index (χ3n) is 2.71. The number of carbonyl (C=O) groups excluding carboxylic acids is 1. The first-order valence-corrected chi connectivity index (χ1v) is 5.78. The SMILES string of the molecule is O=C(Nc1ccn[nH]1)c1occc1-c1ccccc1. The van der Waals surface area contributed by atoms with Gasteiger partial charge in [-0.1, -0.05) is 30.3 Å². The van der Waals surface area contributed by atoms with Crippen LogP contribution in [-0.2, 0) is 0 Å². The third kappa shape index (κ3) is 2.26. The number of aromatic nitrogens is 2. The Labute approximate surface area is 109 Å². The predicted octanol–water partition coefficient (Wildman–Crippen LogP) is 2.92. The van der Waals surface area contributed by atoms with Crippen LogP contribution in [0, 0.1) is 0 Å². The Hall–Kier alpha value is -2.82. The molecule has 0 aliphatic rings. The van der Waals surface area contributed by atoms with E-state index in [0.717, 1.165) is 11.1 Å². The van der Waals surface area contributed by atoms with Crippen molar-refractivity contribution in [2.75, 3.05) is 5.32 Å². The summed E-state index contributed by atoms with van der Waals surface area (Å²) < 4.78 is 5.28. The molecule has 1 aromatic carbocycles. The summed E-state index contributed by atoms with van der Waals surface area (Å²) in [5.74, 6) is 0.495. The molecule has 2 aromatic heterocycles. The molecule has 0 aliphatic carbocycles. The van der Waals surface area contributed by atoms with Crippen molar-refractivity contribution in [3.05, 3.63) is 60.7 Å². The van der Waals surface area contributed by atoms with E-state index in [-0.39, 0.29) is 11.7 Å². The van der Waals surface area contributed by atoms with Crippen molar-refractivity contribution < 1.29 is 9.21 Å². The standard InChI is InChI=1S/C14H11N3O2/c18-14(16-12-6-8-15-17-12)13-11(7-9-19-13)10-4-2-1-3-5-10/h1-9H,(H2,15,16,17,18). The Morgan fingerprint density at radius 1 is 1.16 bits per heavy atom. The molecule has 3 aromatic rings. The van der Waals surface area contributed by atoms with E-state index in [0.29, 0.717) is 5.82 Å². The predicted molar refractivity (Wildman–Crippen MR) is 70.7 cm³/mol. The lowest BCUT2D eigenvalue weighted by molar-refractivity contribution is 0.0997. The summed E-state index contributed by atoms with van der Waals surface area (Å²) in [6, 6.07) is 13.1. The maximum Gasteiger partial charge on any atom is 0.293 e. The zero-order valence-corrected chi connectivity index (χ0v) is 9.96. The number of hydrogen-bond donors (Lipinski definition) is 2. The first kappa shape index (κ1) is 11.3. The van der Waals surface area contributed by atoms with Gasteiger partial charge >= 0.3 is 0 Å². The quantitative estimate of drug-likeness (QED) is 0.753. The van der Waals surface area contributed by atoms with E-state index in [9.17, 15) is 4.79 Å². The highest BCUT2D eigenvalue weighted by Gasteiger charge is 2.17. The van der Waals surface area contributed by atoms with E-state index in [1.54, 1.807) is 18.3 Å². The summed E-state index contributed by atoms with van der Waals surface area (Å²) in [6.07, 6.45) is 3.07. The van der Waals surface area contributed by atoms with Gasteiger partial charge in [0.05, 0.1) is 12.5 Å². The molecule has 3 rings (SSSR count). The van der Waals surface area contributed by atoms with E-state index in [1.807, 2.05) is 30.3 Å². The number of nitrogens with one attached hydrogen (secondary N) is 2. The molecule has 2 N–H and O–H groups in total. The molecule has 0 saturated carbocycles. The molecular formula is C14H11N3O2. The Bertz CT molecular complexity index is 672. The van der Waals surface area contributed by atoms with Crippen LogP contribution in [0.15, 0.2) is 59.3 Å². The second kappa shape index (κ2) is 4.81. The van der Waals surface area contributed by atoms with Crippen LogP contribution in [0.25, 0.3) is 11.1 Å². The van der Waals surface area contributed by atoms with Crippen LogP contribution in [0.2, 0.25) is 0 Å². The van der Waals surface area contributed by atoms with E-state index in [2.05, 4.69) is 15.5 Å². The van der Waals surface area contributed by atoms with Crippen LogP contribution in [0.1, 0.15) is 10.6 Å². The molecule has 0 aliphatic heterocycles. The normalized spacial score (nSPS) is 10.3. The minimum atomic E-state index is -0.312. The highest BCUT2D eigenvalue weighted by atomic mass is 16.3. The van der Waals surface area contributed by atoms with Crippen molar-refractivity contribution in [3.8, 4) is 11.1 Å². The summed E-state index contributed by atoms with van der Waals surface area (Å²) in [5.41, 5.74) is 1.70. The fraction of sp³-hybridized carbons (Fsp3) is 0. The lowest BCUT2D eigenvalue weighted by Gasteiger charge is -2.03. The number of rotatable bonds is 3. The maximum absolute atomic E-state index is 12.1. The Kier molecular flexibility index (Phi) is 2.86. The van der Waals surface area contributed by atoms with Gasteiger partial charge < -0.3 is 9.73 Å². The number of amides is 1. The van der Waals surface area contributed by atoms with Crippen LogP contribution in [0.3, 0.4) is 0 Å². The molecule has 2 heterocycles. The number of H-pyrrole nitrogens is 1. The number of carbonyl (C=O) groups is 1. The van der Waals surface area contributed by atoms with Gasteiger partial charge in [0.15, 0.2) is 5.76 Å². The second-order valence-corrected chi connectivity index (χ2v) is 3.95. The molecule has 0 spiro atoms. The maximum atomic E-state index is 12.1. The van der Waals surface area contributed by atoms with Gasteiger partial charge in [-0.25, -0.2) is 0 Å². The van der Waals surface area contributed by atoms with Crippen LogP contribution in [-0.4, -0.2) is 16.1 Å². The Morgan fingerprint density at radius 3 is 2.74 bits per heavy atom. The van der Waals surface area contributed by atoms with E-state index in [1.165, 1.54) is 6.26 Å². The number of aromatic amines is 1. The molecule has 0 atom stereocenters. The average molecular weight is 253 g/mol. The van der Waals surface area contributed by atoms with Crippen LogP contribution in [0.5, 0.6) is 0 Å². The van der Waals surface area contributed by atoms with Crippen molar-refractivity contribution in [1.82, 2.24) is 10.2 Å². The first-order chi connectivity index (χ1) is 9.34. The van der Waals surface area contributed by atoms with Crippen LogP contribution < -0.4 is 5.32 Å². The first-order valence-electron chi connectivity index (χ1n) is 5.78. The number of anilines is 1. The highest BCUT2D eigenvalue weighted by Crippen LogP contribution is 2.25. The average Bonchev–Trinajstić information content (AvgIpc) is 3.10. The molecule has 0 bridgehead atoms. The molecule has 0 fully saturated rings. The lowest BCUT2D eigenvalue weighted by atomic mass is 10.1. The molecule has 94 valence electrons. The lowest BCUT2D eigenvalue weighted by Crippen LogP contribution is -2.12. The number of benzene rings is 1. The zero-order valence-electron chi connectivity index (χ0n) is 9.96. The van der Waals surface area contributed by atoms with Gasteiger partial charge in [0.1, 0.15) is 5.82 Å². The van der Waals surface area contributed by atoms with Crippen molar-refractivity contribution in [2.24, 2.45) is 0 Å². The van der Waals surface area contributed by atoms with E-state index < -0.39 is 0 Å². The summed E-state index contributed by atoms with van der Waals surface area (Å²) in [7, 11) is 0. The van der Waals surface area contributed by atoms with E-state index >= 15 is 0 Å². The number of furan rings is 1. The van der Waals surface area contributed by atoms with Gasteiger partial charge in [-0.15, -0.1) is 0 Å². The fourth-order valence-electron chi connectivity index (χ4n) is 1.83. The zero-order chi connectivity index (χ0) is 13.1. The number of nitrogens with zero attached hydrogens (tertiary/aromatic N) is 1. The van der Waals surface area contributed by atoms with Crippen molar-refractivity contribution in [3.63, 3.8) is 0 Å². The van der Waals surface area contributed by atoms with Gasteiger partial charge in [-0.05, 0) is 11.6 Å². The summed E-state index contributed by atoms with van der Waals surface area (Å²) in [4.78, 5) is 12.1. The Balaban J connectivity index is 1.90. The molecule has 5 nitrogen and oxygen atoms in total. The molecule has 0 unspecified atom stereocenters. The molecule has 0 saturated heterocycles. The summed E-state index contributed by atoms with van der Waals surface area (Å²) in [6.45, 7) is 0. The minimum Gasteiger partial charge on any atom is -0.459 e. The molecular weight excluding hydrogens is 242 g/mol. The smallest absolute Gasteiger partial charge is 0.293 e. The summed E-state index contributed by atoms with van der Waals surface area (Å²) >= 11 is 0. The van der Waals surface area contributed by atoms with Gasteiger partial charge in [0.25, 0.3) is 5.91 Å². The summed E-state index contributed by atoms with van der Waals surface area (Å²) in [5, 5.41) is 9.12. The number of hydrogen-bond acceptors (Lipinski definition) is 3. The molecule has 1 amide bonds. The van der Waals surface area contributed by atoms with Gasteiger partial charge in [0, 0.05) is 11.6 Å². The van der Waals surface area contributed by atoms with Crippen molar-refractivity contribution in [2.45, 2.75) is 0 Å². The topological polar surface area (TPSA) is 70.9 Å². The fourth-order valence-corrected chi connectivity index (χ4v) is 1.83. The van der Waals surface area contributed by atoms with Crippen molar-refractivity contribution >= 4 is 11.7 Å².